The summed E-state index contributed by atoms with van der Waals surface area (Å²) in [6, 6.07) is -0.0834. The number of nitrogens with one attached hydrogen (secondary N) is 1. The number of likely N-dealkylation sites (N-methyl/N-ethyl adjacent to an activating group) is 1. The predicted octanol–water partition coefficient (Wildman–Crippen LogP) is 1.21. The van der Waals surface area contributed by atoms with Gasteiger partial charge in [-0.25, -0.2) is 10.4 Å². The summed E-state index contributed by atoms with van der Waals surface area (Å²) in [7, 11) is 1.41. The fourth-order valence-electron chi connectivity index (χ4n) is 4.27. The summed E-state index contributed by atoms with van der Waals surface area (Å²) >= 11 is 3.24. The minimum absolute atomic E-state index is 0.0910. The molecule has 4 heterocycles. The number of aromatic nitrogens is 1. The molecular weight excluding hydrogens is 563 g/mol. The first-order valence-electron chi connectivity index (χ1n) is 11.5. The average molecular weight is 588 g/mol. The van der Waals surface area contributed by atoms with Gasteiger partial charge in [0, 0.05) is 26.3 Å². The van der Waals surface area contributed by atoms with Crippen molar-refractivity contribution in [2.75, 3.05) is 49.7 Å². The number of nitrogens with zero attached hydrogens (tertiary/aromatic N) is 6. The Morgan fingerprint density at radius 3 is 2.84 bits per heavy atom. The fourth-order valence-corrected chi connectivity index (χ4v) is 4.60. The van der Waals surface area contributed by atoms with Crippen LogP contribution in [0, 0.1) is 0 Å². The molecule has 0 bridgehead atoms. The van der Waals surface area contributed by atoms with E-state index in [1.807, 2.05) is 6.92 Å². The van der Waals surface area contributed by atoms with Gasteiger partial charge in [0.1, 0.15) is 10.9 Å². The molecule has 0 aliphatic carbocycles. The van der Waals surface area contributed by atoms with Crippen molar-refractivity contribution < 1.29 is 32.3 Å². The fraction of sp³-hybridized carbons (Fsp3) is 0.545. The van der Waals surface area contributed by atoms with Gasteiger partial charge in [0.15, 0.2) is 5.82 Å². The molecule has 15 heteroatoms. The molecule has 1 aromatic heterocycles. The maximum atomic E-state index is 13.1. The van der Waals surface area contributed by atoms with Crippen LogP contribution in [0.15, 0.2) is 22.4 Å². The number of piperazine rings is 1. The highest BCUT2D eigenvalue weighted by molar-refractivity contribution is 9.10. The second-order valence-corrected chi connectivity index (χ2v) is 9.75. The van der Waals surface area contributed by atoms with Gasteiger partial charge in [-0.1, -0.05) is 15.9 Å². The standard InChI is InChI=1S/C22H25BrF3N7O4/c1-12(29-14-9-28-30-20(35)18(14)23)11-37-6-3-17(34)32-4-5-33-16(10-32)21(36)31(2)15-7-13(22(24,25)26)8-27-19(15)33/h7-9,12,16,18H,3-6,10-11H2,1-2H3,(H,30,35)/t12-,16+,18?/m0/s1. The molecule has 1 N–H and O–H groups in total. The Kier molecular flexibility index (Phi) is 7.83. The van der Waals surface area contributed by atoms with E-state index in [1.165, 1.54) is 13.3 Å². The van der Waals surface area contributed by atoms with E-state index in [1.54, 1.807) is 9.80 Å². The number of rotatable bonds is 6. The second kappa shape index (κ2) is 10.7. The summed E-state index contributed by atoms with van der Waals surface area (Å²) in [4.78, 5) is 49.5. The number of halogens is 4. The number of aliphatic imine (C=N–C) groups is 1. The van der Waals surface area contributed by atoms with Crippen molar-refractivity contribution in [1.29, 1.82) is 0 Å². The van der Waals surface area contributed by atoms with Gasteiger partial charge in [0.2, 0.25) is 5.91 Å². The number of ether oxygens (including phenoxy) is 1. The van der Waals surface area contributed by atoms with Crippen molar-refractivity contribution in [3.8, 4) is 0 Å². The van der Waals surface area contributed by atoms with Crippen LogP contribution in [-0.2, 0) is 25.3 Å². The zero-order chi connectivity index (χ0) is 26.9. The number of anilines is 2. The first kappa shape index (κ1) is 27.0. The molecule has 0 radical (unpaired) electrons. The van der Waals surface area contributed by atoms with Crippen LogP contribution in [-0.4, -0.2) is 96.3 Å². The van der Waals surface area contributed by atoms with Gasteiger partial charge in [-0.3, -0.25) is 19.4 Å². The Bertz CT molecular complexity index is 1150. The second-order valence-electron chi connectivity index (χ2n) is 8.84. The van der Waals surface area contributed by atoms with Crippen LogP contribution in [0.5, 0.6) is 0 Å². The van der Waals surface area contributed by atoms with E-state index < -0.39 is 28.5 Å². The topological polar surface area (TPSA) is 120 Å². The molecule has 1 aromatic rings. The molecule has 37 heavy (non-hydrogen) atoms. The molecule has 1 saturated heterocycles. The molecule has 200 valence electrons. The third kappa shape index (κ3) is 5.76. The van der Waals surface area contributed by atoms with Crippen LogP contribution in [0.3, 0.4) is 0 Å². The molecule has 1 fully saturated rings. The minimum atomic E-state index is -4.57. The Morgan fingerprint density at radius 2 is 2.11 bits per heavy atom. The monoisotopic (exact) mass is 587 g/mol. The lowest BCUT2D eigenvalue weighted by atomic mass is 10.0. The van der Waals surface area contributed by atoms with Gasteiger partial charge in [-0.05, 0) is 13.0 Å². The molecule has 3 aliphatic rings. The number of hydrogen-bond acceptors (Lipinski definition) is 8. The third-order valence-corrected chi connectivity index (χ3v) is 7.09. The summed E-state index contributed by atoms with van der Waals surface area (Å²) < 4.78 is 45.0. The van der Waals surface area contributed by atoms with Gasteiger partial charge in [-0.2, -0.15) is 18.3 Å². The molecule has 3 atom stereocenters. The van der Waals surface area contributed by atoms with Crippen molar-refractivity contribution >= 4 is 57.1 Å². The van der Waals surface area contributed by atoms with Crippen LogP contribution in [0.2, 0.25) is 0 Å². The highest BCUT2D eigenvalue weighted by Gasteiger charge is 2.43. The molecule has 1 unspecified atom stereocenters. The molecule has 3 amide bonds. The first-order chi connectivity index (χ1) is 17.5. The number of hydrazone groups is 1. The number of pyridine rings is 1. The van der Waals surface area contributed by atoms with E-state index >= 15 is 0 Å². The van der Waals surface area contributed by atoms with E-state index in [0.717, 1.165) is 17.2 Å². The van der Waals surface area contributed by atoms with E-state index in [0.29, 0.717) is 12.3 Å². The van der Waals surface area contributed by atoms with E-state index in [4.69, 9.17) is 4.74 Å². The third-order valence-electron chi connectivity index (χ3n) is 6.21. The van der Waals surface area contributed by atoms with Crippen LogP contribution in [0.1, 0.15) is 18.9 Å². The average Bonchev–Trinajstić information content (AvgIpc) is 2.86. The summed E-state index contributed by atoms with van der Waals surface area (Å²) in [6.07, 6.45) is -2.27. The molecule has 0 aromatic carbocycles. The Morgan fingerprint density at radius 1 is 1.35 bits per heavy atom. The molecule has 0 saturated carbocycles. The van der Waals surface area contributed by atoms with Crippen LogP contribution >= 0.6 is 15.9 Å². The van der Waals surface area contributed by atoms with Crippen molar-refractivity contribution in [3.05, 3.63) is 17.8 Å². The highest BCUT2D eigenvalue weighted by atomic mass is 79.9. The van der Waals surface area contributed by atoms with Gasteiger partial charge in [0.05, 0.1) is 55.4 Å². The summed E-state index contributed by atoms with van der Waals surface area (Å²) in [6.45, 7) is 2.84. The zero-order valence-corrected chi connectivity index (χ0v) is 21.6. The summed E-state index contributed by atoms with van der Waals surface area (Å²) in [5.74, 6) is -0.623. The van der Waals surface area contributed by atoms with Crippen LogP contribution in [0.4, 0.5) is 24.7 Å². The largest absolute Gasteiger partial charge is 0.417 e. The highest BCUT2D eigenvalue weighted by Crippen LogP contribution is 2.39. The van der Waals surface area contributed by atoms with Crippen molar-refractivity contribution in [1.82, 2.24) is 15.3 Å². The van der Waals surface area contributed by atoms with Crippen molar-refractivity contribution in [2.45, 2.75) is 36.4 Å². The molecule has 4 rings (SSSR count). The maximum absolute atomic E-state index is 13.1. The predicted molar refractivity (Wildman–Crippen MR) is 132 cm³/mol. The van der Waals surface area contributed by atoms with Gasteiger partial charge < -0.3 is 19.4 Å². The van der Waals surface area contributed by atoms with Crippen molar-refractivity contribution in [2.24, 2.45) is 10.1 Å². The number of amides is 3. The lowest BCUT2D eigenvalue weighted by molar-refractivity contribution is -0.138. The van der Waals surface area contributed by atoms with Crippen LogP contribution < -0.4 is 15.2 Å². The molecule has 0 spiro atoms. The number of hydrogen-bond donors (Lipinski definition) is 1. The normalized spacial score (nSPS) is 23.6. The molecule has 11 nitrogen and oxygen atoms in total. The number of fused-ring (bicyclic) bond motifs is 3. The zero-order valence-electron chi connectivity index (χ0n) is 20.0. The van der Waals surface area contributed by atoms with Gasteiger partial charge >= 0.3 is 6.18 Å². The smallest absolute Gasteiger partial charge is 0.379 e. The number of carbonyl (C=O) groups is 3. The maximum Gasteiger partial charge on any atom is 0.417 e. The lowest BCUT2D eigenvalue weighted by Crippen LogP contribution is -2.63. The molecular formula is C22H25BrF3N7O4. The van der Waals surface area contributed by atoms with Crippen molar-refractivity contribution in [3.63, 3.8) is 0 Å². The first-order valence-corrected chi connectivity index (χ1v) is 12.4. The number of carbonyl (C=O) groups excluding carboxylic acids is 3. The van der Waals surface area contributed by atoms with Gasteiger partial charge in [-0.15, -0.1) is 0 Å². The van der Waals surface area contributed by atoms with E-state index in [9.17, 15) is 27.6 Å². The quantitative estimate of drug-likeness (QED) is 0.394. The minimum Gasteiger partial charge on any atom is -0.379 e. The van der Waals surface area contributed by atoms with E-state index in [2.05, 4.69) is 36.4 Å². The number of alkyl halides is 4. The summed E-state index contributed by atoms with van der Waals surface area (Å²) in [5.41, 5.74) is 1.96. The van der Waals surface area contributed by atoms with Crippen LogP contribution in [0.25, 0.3) is 0 Å². The Balaban J connectivity index is 1.30. The molecule has 3 aliphatic heterocycles. The lowest BCUT2D eigenvalue weighted by Gasteiger charge is -2.46. The Labute approximate surface area is 218 Å². The summed E-state index contributed by atoms with van der Waals surface area (Å²) in [5, 5.41) is 3.72. The van der Waals surface area contributed by atoms with Gasteiger partial charge in [0.25, 0.3) is 11.8 Å². The van der Waals surface area contributed by atoms with E-state index in [-0.39, 0.29) is 62.1 Å². The Hall–Kier alpha value is -3.07. The SMILES string of the molecule is C[C@@H](COCCC(=O)N1CCN2c3ncc(C(F)(F)F)cc3N(C)C(=O)[C@H]2C1)N=C1C=NNC(=O)C1Br.